The molecule has 2 rings (SSSR count). The van der Waals surface area contributed by atoms with E-state index in [-0.39, 0.29) is 16.5 Å². The van der Waals surface area contributed by atoms with Crippen LogP contribution in [0, 0.1) is 5.41 Å². The molecule has 4 N–H and O–H groups in total. The number of primary sulfonamides is 1. The fourth-order valence-electron chi connectivity index (χ4n) is 2.12. The van der Waals surface area contributed by atoms with E-state index in [0.29, 0.717) is 16.3 Å². The number of carbonyl (C=O) groups is 2. The topological polar surface area (TPSA) is 118 Å². The number of benzene rings is 2. The van der Waals surface area contributed by atoms with Crippen LogP contribution in [-0.2, 0) is 19.6 Å². The van der Waals surface area contributed by atoms with Crippen molar-refractivity contribution in [1.29, 1.82) is 0 Å². The highest BCUT2D eigenvalue weighted by molar-refractivity contribution is 7.89. The van der Waals surface area contributed by atoms with E-state index in [1.165, 1.54) is 30.3 Å². The molecule has 154 valence electrons. The molecule has 0 heterocycles. The van der Waals surface area contributed by atoms with Gasteiger partial charge in [0.05, 0.1) is 4.90 Å². The van der Waals surface area contributed by atoms with E-state index in [4.69, 9.17) is 16.7 Å². The summed E-state index contributed by atoms with van der Waals surface area (Å²) in [6.45, 7) is 5.18. The molecule has 0 aromatic heterocycles. The Morgan fingerprint density at radius 2 is 1.55 bits per heavy atom. The van der Waals surface area contributed by atoms with Gasteiger partial charge in [0.2, 0.25) is 15.9 Å². The van der Waals surface area contributed by atoms with Crippen LogP contribution in [0.15, 0.2) is 59.1 Å². The molecule has 0 aliphatic carbocycles. The van der Waals surface area contributed by atoms with E-state index in [0.717, 1.165) is 0 Å². The Balaban J connectivity index is 2.30. The minimum absolute atomic E-state index is 0.0303. The number of nitrogens with one attached hydrogen (secondary N) is 2. The number of carbonyl (C=O) groups excluding carboxylic acids is 2. The van der Waals surface area contributed by atoms with Gasteiger partial charge < -0.3 is 10.6 Å². The minimum atomic E-state index is -3.83. The van der Waals surface area contributed by atoms with Gasteiger partial charge in [-0.05, 0) is 48.0 Å². The van der Waals surface area contributed by atoms with E-state index in [9.17, 15) is 18.0 Å². The number of amides is 2. The van der Waals surface area contributed by atoms with E-state index in [1.54, 1.807) is 45.0 Å². The number of anilines is 1. The molecule has 2 amide bonds. The largest absolute Gasteiger partial charge is 0.321 e. The highest BCUT2D eigenvalue weighted by Gasteiger charge is 2.24. The molecule has 0 radical (unpaired) electrons. The molecule has 0 saturated heterocycles. The maximum atomic E-state index is 12.8. The summed E-state index contributed by atoms with van der Waals surface area (Å²) in [6, 6.07) is 12.1. The van der Waals surface area contributed by atoms with Gasteiger partial charge >= 0.3 is 0 Å². The van der Waals surface area contributed by atoms with E-state index in [2.05, 4.69) is 10.6 Å². The molecule has 7 nitrogen and oxygen atoms in total. The summed E-state index contributed by atoms with van der Waals surface area (Å²) in [4.78, 5) is 25.1. The highest BCUT2D eigenvalue weighted by Crippen LogP contribution is 2.18. The Labute approximate surface area is 175 Å². The monoisotopic (exact) mass is 435 g/mol. The van der Waals surface area contributed by atoms with Crippen molar-refractivity contribution < 1.29 is 18.0 Å². The van der Waals surface area contributed by atoms with E-state index in [1.807, 2.05) is 0 Å². The van der Waals surface area contributed by atoms with Gasteiger partial charge in [-0.1, -0.05) is 44.5 Å². The van der Waals surface area contributed by atoms with Gasteiger partial charge in [-0.3, -0.25) is 9.59 Å². The first kappa shape index (κ1) is 22.6. The normalized spacial score (nSPS) is 12.4. The standard InChI is InChI=1S/C20H22ClN3O4S/c1-20(2,3)19(26)24-17(12-13-4-6-14(21)7-5-13)18(25)23-15-8-10-16(11-9-15)29(22,27)28/h4-12H,1-3H3,(H,23,25)(H,24,26)(H2,22,27,28)/b17-12+. The number of rotatable bonds is 5. The van der Waals surface area contributed by atoms with Gasteiger partial charge in [0.1, 0.15) is 5.70 Å². The Morgan fingerprint density at radius 3 is 2.03 bits per heavy atom. The van der Waals surface area contributed by atoms with Crippen LogP contribution in [0.4, 0.5) is 5.69 Å². The quantitative estimate of drug-likeness (QED) is 0.625. The summed E-state index contributed by atoms with van der Waals surface area (Å²) in [5.74, 6) is -0.904. The molecule has 0 fully saturated rings. The summed E-state index contributed by atoms with van der Waals surface area (Å²) in [5, 5.41) is 10.9. The molecule has 2 aromatic carbocycles. The predicted octanol–water partition coefficient (Wildman–Crippen LogP) is 3.13. The zero-order chi connectivity index (χ0) is 21.8. The number of hydrogen-bond donors (Lipinski definition) is 3. The van der Waals surface area contributed by atoms with E-state index < -0.39 is 21.3 Å². The first-order valence-corrected chi connectivity index (χ1v) is 10.5. The van der Waals surface area contributed by atoms with Crippen molar-refractivity contribution >= 4 is 45.2 Å². The van der Waals surface area contributed by atoms with Crippen LogP contribution < -0.4 is 15.8 Å². The summed E-state index contributed by atoms with van der Waals surface area (Å²) in [6.07, 6.45) is 1.52. The van der Waals surface area contributed by atoms with Crippen LogP contribution in [0.3, 0.4) is 0 Å². The van der Waals surface area contributed by atoms with Gasteiger partial charge in [-0.25, -0.2) is 13.6 Å². The average Bonchev–Trinajstić information content (AvgIpc) is 2.61. The lowest BCUT2D eigenvalue weighted by molar-refractivity contribution is -0.128. The summed E-state index contributed by atoms with van der Waals surface area (Å²) in [5.41, 5.74) is 0.326. The van der Waals surface area contributed by atoms with Crippen LogP contribution in [0.5, 0.6) is 0 Å². The number of sulfonamides is 1. The number of hydrogen-bond acceptors (Lipinski definition) is 4. The van der Waals surface area contributed by atoms with Crippen molar-refractivity contribution in [3.63, 3.8) is 0 Å². The SMILES string of the molecule is CC(C)(C)C(=O)N/C(=C/c1ccc(Cl)cc1)C(=O)Nc1ccc(S(N)(=O)=O)cc1. The number of halogens is 1. The Hall–Kier alpha value is -2.68. The van der Waals surface area contributed by atoms with Crippen molar-refractivity contribution in [2.45, 2.75) is 25.7 Å². The Morgan fingerprint density at radius 1 is 1.00 bits per heavy atom. The second-order valence-corrected chi connectivity index (χ2v) is 9.34. The van der Waals surface area contributed by atoms with Crippen molar-refractivity contribution in [3.8, 4) is 0 Å². The van der Waals surface area contributed by atoms with Gasteiger partial charge in [0.15, 0.2) is 0 Å². The first-order valence-electron chi connectivity index (χ1n) is 8.59. The zero-order valence-electron chi connectivity index (χ0n) is 16.2. The van der Waals surface area contributed by atoms with Crippen LogP contribution in [0.2, 0.25) is 5.02 Å². The molecule has 0 atom stereocenters. The average molecular weight is 436 g/mol. The van der Waals surface area contributed by atoms with Crippen molar-refractivity contribution in [2.24, 2.45) is 10.6 Å². The first-order chi connectivity index (χ1) is 13.4. The molecule has 9 heteroatoms. The van der Waals surface area contributed by atoms with Crippen molar-refractivity contribution in [3.05, 3.63) is 64.8 Å². The predicted molar refractivity (Wildman–Crippen MR) is 113 cm³/mol. The van der Waals surface area contributed by atoms with Crippen LogP contribution >= 0.6 is 11.6 Å². The minimum Gasteiger partial charge on any atom is -0.321 e. The van der Waals surface area contributed by atoms with Gasteiger partial charge in [0.25, 0.3) is 5.91 Å². The molecular formula is C20H22ClN3O4S. The van der Waals surface area contributed by atoms with E-state index >= 15 is 0 Å². The second kappa shape index (κ2) is 8.77. The third-order valence-electron chi connectivity index (χ3n) is 3.80. The smallest absolute Gasteiger partial charge is 0.272 e. The van der Waals surface area contributed by atoms with Crippen LogP contribution in [0.25, 0.3) is 6.08 Å². The van der Waals surface area contributed by atoms with Gasteiger partial charge in [0, 0.05) is 16.1 Å². The maximum Gasteiger partial charge on any atom is 0.272 e. The lowest BCUT2D eigenvalue weighted by atomic mass is 9.95. The van der Waals surface area contributed by atoms with Gasteiger partial charge in [-0.15, -0.1) is 0 Å². The third kappa shape index (κ3) is 6.70. The molecule has 0 aliphatic heterocycles. The van der Waals surface area contributed by atoms with Gasteiger partial charge in [-0.2, -0.15) is 0 Å². The molecule has 0 unspecified atom stereocenters. The summed E-state index contributed by atoms with van der Waals surface area (Å²) in [7, 11) is -3.83. The lowest BCUT2D eigenvalue weighted by Gasteiger charge is -2.19. The molecule has 0 spiro atoms. The molecule has 0 bridgehead atoms. The molecule has 2 aromatic rings. The molecule has 29 heavy (non-hydrogen) atoms. The second-order valence-electron chi connectivity index (χ2n) is 7.34. The fraction of sp³-hybridized carbons (Fsp3) is 0.200. The molecular weight excluding hydrogens is 414 g/mol. The Kier molecular flexibility index (Phi) is 6.84. The Bertz CT molecular complexity index is 1040. The highest BCUT2D eigenvalue weighted by atomic mass is 35.5. The summed E-state index contributed by atoms with van der Waals surface area (Å²) >= 11 is 5.89. The van der Waals surface area contributed by atoms with Crippen molar-refractivity contribution in [2.75, 3.05) is 5.32 Å². The van der Waals surface area contributed by atoms with Crippen LogP contribution in [0.1, 0.15) is 26.3 Å². The van der Waals surface area contributed by atoms with Crippen molar-refractivity contribution in [1.82, 2.24) is 5.32 Å². The fourth-order valence-corrected chi connectivity index (χ4v) is 2.76. The zero-order valence-corrected chi connectivity index (χ0v) is 17.8. The lowest BCUT2D eigenvalue weighted by Crippen LogP contribution is -2.38. The maximum absolute atomic E-state index is 12.8. The number of nitrogens with two attached hydrogens (primary N) is 1. The molecule has 0 saturated carbocycles. The molecule has 0 aliphatic rings. The van der Waals surface area contributed by atoms with Crippen LogP contribution in [-0.4, -0.2) is 20.2 Å². The summed E-state index contributed by atoms with van der Waals surface area (Å²) < 4.78 is 22.7. The third-order valence-corrected chi connectivity index (χ3v) is 4.98.